The van der Waals surface area contributed by atoms with Gasteiger partial charge in [0.05, 0.1) is 18.4 Å². The van der Waals surface area contributed by atoms with Crippen molar-refractivity contribution in [1.29, 1.82) is 0 Å². The van der Waals surface area contributed by atoms with Crippen molar-refractivity contribution >= 4 is 17.6 Å². The van der Waals surface area contributed by atoms with Gasteiger partial charge in [-0.05, 0) is 25.1 Å². The molecule has 0 amide bonds. The summed E-state index contributed by atoms with van der Waals surface area (Å²) in [5.41, 5.74) is -0.132. The molecule has 0 radical (unpaired) electrons. The quantitative estimate of drug-likeness (QED) is 0.383. The van der Waals surface area contributed by atoms with Crippen molar-refractivity contribution in [2.24, 2.45) is 0 Å². The number of pyridine rings is 1. The van der Waals surface area contributed by atoms with Crippen molar-refractivity contribution < 1.29 is 28.5 Å². The topological polar surface area (TPSA) is 107 Å². The van der Waals surface area contributed by atoms with Gasteiger partial charge in [0.15, 0.2) is 0 Å². The highest BCUT2D eigenvalue weighted by Gasteiger charge is 2.47. The second kappa shape index (κ2) is 10.7. The Balaban J connectivity index is 1.70. The minimum Gasteiger partial charge on any atom is -0.394 e. The van der Waals surface area contributed by atoms with Gasteiger partial charge in [0.25, 0.3) is 5.82 Å². The van der Waals surface area contributed by atoms with Crippen LogP contribution >= 0.6 is 11.8 Å². The summed E-state index contributed by atoms with van der Waals surface area (Å²) in [6.07, 6.45) is 5.16. The molecule has 12 heteroatoms. The second-order valence-electron chi connectivity index (χ2n) is 7.98. The number of hydrogen-bond acceptors (Lipinski definition) is 8. The molecule has 1 saturated heterocycles. The number of thioether (sulfide) groups is 1. The molecule has 0 aliphatic carbocycles. The van der Waals surface area contributed by atoms with E-state index in [0.29, 0.717) is 10.5 Å². The van der Waals surface area contributed by atoms with Crippen molar-refractivity contribution in [3.05, 3.63) is 64.8 Å². The molecule has 36 heavy (non-hydrogen) atoms. The van der Waals surface area contributed by atoms with Gasteiger partial charge in [0.1, 0.15) is 53.3 Å². The zero-order valence-corrected chi connectivity index (χ0v) is 20.0. The Hall–Kier alpha value is -3.39. The monoisotopic (exact) mass is 513 g/mol. The molecule has 2 aromatic heterocycles. The minimum absolute atomic E-state index is 0.104. The van der Waals surface area contributed by atoms with Crippen LogP contribution in [0.25, 0.3) is 16.1 Å². The molecule has 0 bridgehead atoms. The molecular weight excluding hydrogens is 492 g/mol. The van der Waals surface area contributed by atoms with Crippen LogP contribution in [-0.4, -0.2) is 67.7 Å². The number of aliphatic hydroxyl groups is 2. The predicted molar refractivity (Wildman–Crippen MR) is 126 cm³/mol. The third kappa shape index (κ3) is 4.82. The number of aromatic nitrogens is 4. The number of rotatable bonds is 6. The van der Waals surface area contributed by atoms with E-state index in [9.17, 15) is 19.0 Å². The number of aliphatic hydroxyl groups excluding tert-OH is 2. The molecule has 1 aromatic carbocycles. The van der Waals surface area contributed by atoms with E-state index >= 15 is 0 Å². The fourth-order valence-corrected chi connectivity index (χ4v) is 5.12. The highest BCUT2D eigenvalue weighted by Crippen LogP contribution is 2.42. The van der Waals surface area contributed by atoms with Gasteiger partial charge in [-0.15, -0.1) is 28.3 Å². The number of methoxy groups -OCH3 is 1. The van der Waals surface area contributed by atoms with E-state index in [0.717, 1.165) is 23.9 Å². The number of ether oxygens (including phenoxy) is 2. The SMILES string of the molecule is [C-]#[N+]c1ncc(C#C)cc1S[C@H]1OC(CO)[C@H](O)[C@H](n2cc(-c3cc(F)c(C)c(F)c3)nn2)C1OC. The molecule has 4 rings (SSSR count). The third-order valence-corrected chi connectivity index (χ3v) is 7.00. The van der Waals surface area contributed by atoms with Gasteiger partial charge in [0.2, 0.25) is 0 Å². The highest BCUT2D eigenvalue weighted by molar-refractivity contribution is 8.00. The lowest BCUT2D eigenvalue weighted by molar-refractivity contribution is -0.186. The van der Waals surface area contributed by atoms with Crippen LogP contribution in [-0.2, 0) is 9.47 Å². The Bertz CT molecular complexity index is 1330. The van der Waals surface area contributed by atoms with Crippen LogP contribution in [0.15, 0.2) is 35.5 Å². The van der Waals surface area contributed by atoms with Crippen LogP contribution in [0.5, 0.6) is 0 Å². The predicted octanol–water partition coefficient (Wildman–Crippen LogP) is 2.89. The Kier molecular flexibility index (Phi) is 7.64. The fraction of sp³-hybridized carbons (Fsp3) is 0.333. The Morgan fingerprint density at radius 2 is 2.06 bits per heavy atom. The van der Waals surface area contributed by atoms with Crippen molar-refractivity contribution in [3.63, 3.8) is 0 Å². The first-order valence-corrected chi connectivity index (χ1v) is 11.5. The molecule has 1 aliphatic rings. The molecule has 0 spiro atoms. The van der Waals surface area contributed by atoms with E-state index in [4.69, 9.17) is 22.5 Å². The maximum Gasteiger partial charge on any atom is 0.283 e. The summed E-state index contributed by atoms with van der Waals surface area (Å²) in [6.45, 7) is 8.22. The summed E-state index contributed by atoms with van der Waals surface area (Å²) in [5, 5.41) is 28.9. The number of nitrogens with zero attached hydrogens (tertiary/aromatic N) is 5. The van der Waals surface area contributed by atoms with Crippen molar-refractivity contribution in [2.75, 3.05) is 13.7 Å². The summed E-state index contributed by atoms with van der Waals surface area (Å²) >= 11 is 1.10. The molecule has 3 aromatic rings. The normalized spacial score (nSPS) is 23.7. The van der Waals surface area contributed by atoms with E-state index < -0.39 is 48.0 Å². The van der Waals surface area contributed by atoms with Gasteiger partial charge >= 0.3 is 0 Å². The van der Waals surface area contributed by atoms with Gasteiger partial charge in [0, 0.05) is 23.1 Å². The number of hydrogen-bond donors (Lipinski definition) is 2. The average Bonchev–Trinajstić information content (AvgIpc) is 3.37. The van der Waals surface area contributed by atoms with Crippen molar-refractivity contribution in [2.45, 2.75) is 41.6 Å². The largest absolute Gasteiger partial charge is 0.394 e. The van der Waals surface area contributed by atoms with Crippen LogP contribution in [0.4, 0.5) is 14.6 Å². The number of halogens is 2. The lowest BCUT2D eigenvalue weighted by Crippen LogP contribution is -2.55. The van der Waals surface area contributed by atoms with Crippen LogP contribution in [0.2, 0.25) is 0 Å². The fourth-order valence-electron chi connectivity index (χ4n) is 3.87. The zero-order valence-electron chi connectivity index (χ0n) is 19.2. The van der Waals surface area contributed by atoms with Crippen LogP contribution in [0.1, 0.15) is 17.2 Å². The molecule has 2 N–H and O–H groups in total. The van der Waals surface area contributed by atoms with E-state index in [1.807, 2.05) is 0 Å². The molecular formula is C24H21F2N5O4S. The molecule has 1 fully saturated rings. The first-order valence-electron chi connectivity index (χ1n) is 10.7. The summed E-state index contributed by atoms with van der Waals surface area (Å²) in [4.78, 5) is 7.92. The lowest BCUT2D eigenvalue weighted by atomic mass is 9.97. The molecule has 5 atom stereocenters. The summed E-state index contributed by atoms with van der Waals surface area (Å²) in [7, 11) is 1.41. The van der Waals surface area contributed by atoms with Crippen LogP contribution in [0.3, 0.4) is 0 Å². The smallest absolute Gasteiger partial charge is 0.283 e. The lowest BCUT2D eigenvalue weighted by Gasteiger charge is -2.43. The van der Waals surface area contributed by atoms with E-state index in [1.165, 1.54) is 31.1 Å². The molecule has 186 valence electrons. The molecule has 3 heterocycles. The first kappa shape index (κ1) is 25.7. The van der Waals surface area contributed by atoms with Gasteiger partial charge in [-0.1, -0.05) is 17.7 Å². The summed E-state index contributed by atoms with van der Waals surface area (Å²) < 4.78 is 41.1. The molecule has 1 aliphatic heterocycles. The molecule has 0 saturated carbocycles. The van der Waals surface area contributed by atoms with E-state index in [2.05, 4.69) is 26.1 Å². The molecule has 9 nitrogen and oxygen atoms in total. The van der Waals surface area contributed by atoms with Crippen LogP contribution in [0, 0.1) is 37.5 Å². The third-order valence-electron chi connectivity index (χ3n) is 5.84. The average molecular weight is 514 g/mol. The van der Waals surface area contributed by atoms with Gasteiger partial charge < -0.3 is 24.5 Å². The number of benzene rings is 1. The number of terminal acetylenes is 1. The van der Waals surface area contributed by atoms with E-state index in [1.54, 1.807) is 6.07 Å². The highest BCUT2D eigenvalue weighted by atomic mass is 32.2. The van der Waals surface area contributed by atoms with Crippen molar-refractivity contribution in [3.8, 4) is 23.6 Å². The minimum atomic E-state index is -1.27. The van der Waals surface area contributed by atoms with Crippen LogP contribution < -0.4 is 0 Å². The second-order valence-corrected chi connectivity index (χ2v) is 9.12. The van der Waals surface area contributed by atoms with Gasteiger partial charge in [-0.2, -0.15) is 0 Å². The Morgan fingerprint density at radius 1 is 1.33 bits per heavy atom. The first-order chi connectivity index (χ1) is 17.3. The van der Waals surface area contributed by atoms with Crippen molar-refractivity contribution in [1.82, 2.24) is 20.0 Å². The maximum absolute atomic E-state index is 14.1. The summed E-state index contributed by atoms with van der Waals surface area (Å²) in [6, 6.07) is 3.00. The standard InChI is InChI=1S/C24H21F2N5O4S/c1-5-13-6-19(23(27-3)28-9-13)36-24-22(34-4)20(21(33)18(11-32)35-24)31-10-17(29-30-31)14-7-15(25)12(2)16(26)8-14/h1,6-10,18,20-22,24,32-33H,11H2,2,4H3/t18?,20-,21-,22?,24+/m0/s1. The maximum atomic E-state index is 14.1. The Morgan fingerprint density at radius 3 is 2.67 bits per heavy atom. The summed E-state index contributed by atoms with van der Waals surface area (Å²) in [5.74, 6) is 1.12. The van der Waals surface area contributed by atoms with E-state index in [-0.39, 0.29) is 22.6 Å². The molecule has 2 unspecified atom stereocenters. The van der Waals surface area contributed by atoms with Gasteiger partial charge in [-0.25, -0.2) is 13.5 Å². The Labute approximate surface area is 209 Å². The zero-order chi connectivity index (χ0) is 26.0. The van der Waals surface area contributed by atoms with Gasteiger partial charge in [-0.3, -0.25) is 0 Å².